The van der Waals surface area contributed by atoms with Gasteiger partial charge in [0.05, 0.1) is 0 Å². The third-order valence-electron chi connectivity index (χ3n) is 4.19. The fourth-order valence-electron chi connectivity index (χ4n) is 3.02. The molecule has 0 unspecified atom stereocenters. The van der Waals surface area contributed by atoms with Gasteiger partial charge in [0.15, 0.2) is 5.82 Å². The lowest BCUT2D eigenvalue weighted by Crippen LogP contribution is -2.49. The fraction of sp³-hybridized carbons (Fsp3) is 0.353. The van der Waals surface area contributed by atoms with E-state index in [-0.39, 0.29) is 11.9 Å². The van der Waals surface area contributed by atoms with Gasteiger partial charge in [-0.2, -0.15) is 5.10 Å². The van der Waals surface area contributed by atoms with Crippen molar-refractivity contribution in [2.24, 2.45) is 5.73 Å². The number of hydrogen-bond donors (Lipinski definition) is 2. The Kier molecular flexibility index (Phi) is 5.00. The number of nitrogens with zero attached hydrogens (tertiary/aromatic N) is 3. The Morgan fingerprint density at radius 1 is 1.33 bits per heavy atom. The van der Waals surface area contributed by atoms with Gasteiger partial charge in [-0.05, 0) is 42.7 Å². The third kappa shape index (κ3) is 3.86. The zero-order valence-corrected chi connectivity index (χ0v) is 13.2. The summed E-state index contributed by atoms with van der Waals surface area (Å²) < 4.78 is 13.1. The number of halogens is 1. The molecule has 0 saturated carbocycles. The minimum Gasteiger partial charge on any atom is -0.368 e. The van der Waals surface area contributed by atoms with Crippen LogP contribution >= 0.6 is 0 Å². The molecule has 126 valence electrons. The maximum absolute atomic E-state index is 13.1. The zero-order chi connectivity index (χ0) is 16.9. The highest BCUT2D eigenvalue weighted by molar-refractivity contribution is 5.81. The number of carbonyl (C=O) groups excluding carboxylic acids is 1. The van der Waals surface area contributed by atoms with Crippen LogP contribution in [0.3, 0.4) is 0 Å². The average Bonchev–Trinajstić information content (AvgIpc) is 2.61. The Labute approximate surface area is 139 Å². The second-order valence-corrected chi connectivity index (χ2v) is 5.92. The quantitative estimate of drug-likeness (QED) is 0.866. The van der Waals surface area contributed by atoms with Crippen molar-refractivity contribution in [2.75, 3.05) is 18.0 Å². The van der Waals surface area contributed by atoms with E-state index in [4.69, 9.17) is 5.73 Å². The first-order valence-corrected chi connectivity index (χ1v) is 7.97. The van der Waals surface area contributed by atoms with Gasteiger partial charge in [0.1, 0.15) is 11.9 Å². The van der Waals surface area contributed by atoms with E-state index in [9.17, 15) is 9.18 Å². The number of benzene rings is 1. The molecule has 7 heteroatoms. The lowest BCUT2D eigenvalue weighted by atomic mass is 10.0. The number of anilines is 1. The van der Waals surface area contributed by atoms with Crippen molar-refractivity contribution in [3.05, 3.63) is 54.0 Å². The van der Waals surface area contributed by atoms with Crippen molar-refractivity contribution in [3.8, 4) is 0 Å². The minimum atomic E-state index is -0.641. The SMILES string of the molecule is NC(=O)[C@@H](N[C@@H]1CCCN(c2cccnn2)C1)c1ccc(F)cc1. The summed E-state index contributed by atoms with van der Waals surface area (Å²) in [7, 11) is 0. The standard InChI is InChI=1S/C17H20FN5O/c18-13-7-5-12(6-8-13)16(17(19)24)21-14-3-2-10-23(11-14)15-4-1-9-20-22-15/h1,4-9,14,16,21H,2-3,10-11H2,(H2,19,24)/t14-,16+/m1/s1. The molecule has 1 aromatic heterocycles. The van der Waals surface area contributed by atoms with Crippen LogP contribution in [0.25, 0.3) is 0 Å². The van der Waals surface area contributed by atoms with Crippen LogP contribution in [0.15, 0.2) is 42.6 Å². The van der Waals surface area contributed by atoms with Crippen LogP contribution in [0.1, 0.15) is 24.4 Å². The van der Waals surface area contributed by atoms with Crippen molar-refractivity contribution in [3.63, 3.8) is 0 Å². The number of piperidine rings is 1. The normalized spacial score (nSPS) is 19.0. The molecule has 0 radical (unpaired) electrons. The van der Waals surface area contributed by atoms with Gasteiger partial charge in [0.2, 0.25) is 5.91 Å². The van der Waals surface area contributed by atoms with Gasteiger partial charge in [-0.15, -0.1) is 5.10 Å². The molecule has 0 bridgehead atoms. The van der Waals surface area contributed by atoms with Gasteiger partial charge in [0, 0.05) is 25.3 Å². The monoisotopic (exact) mass is 329 g/mol. The number of hydrogen-bond acceptors (Lipinski definition) is 5. The first-order chi connectivity index (χ1) is 11.6. The Hall–Kier alpha value is -2.54. The van der Waals surface area contributed by atoms with Crippen LogP contribution in [0.5, 0.6) is 0 Å². The third-order valence-corrected chi connectivity index (χ3v) is 4.19. The minimum absolute atomic E-state index is 0.0864. The molecule has 6 nitrogen and oxygen atoms in total. The number of nitrogens with two attached hydrogens (primary N) is 1. The average molecular weight is 329 g/mol. The van der Waals surface area contributed by atoms with E-state index in [1.807, 2.05) is 12.1 Å². The van der Waals surface area contributed by atoms with Gasteiger partial charge in [-0.3, -0.25) is 10.1 Å². The highest BCUT2D eigenvalue weighted by atomic mass is 19.1. The largest absolute Gasteiger partial charge is 0.368 e. The van der Waals surface area contributed by atoms with Crippen LogP contribution in [0.4, 0.5) is 10.2 Å². The van der Waals surface area contributed by atoms with Gasteiger partial charge < -0.3 is 10.6 Å². The van der Waals surface area contributed by atoms with Crippen LogP contribution < -0.4 is 16.0 Å². The number of amides is 1. The number of aromatic nitrogens is 2. The van der Waals surface area contributed by atoms with Gasteiger partial charge in [-0.25, -0.2) is 4.39 Å². The van der Waals surface area contributed by atoms with Crippen molar-refractivity contribution in [1.82, 2.24) is 15.5 Å². The molecule has 1 amide bonds. The number of nitrogens with one attached hydrogen (secondary N) is 1. The van der Waals surface area contributed by atoms with E-state index in [1.165, 1.54) is 12.1 Å². The molecular weight excluding hydrogens is 309 g/mol. The van der Waals surface area contributed by atoms with E-state index in [0.717, 1.165) is 25.2 Å². The smallest absolute Gasteiger partial charge is 0.239 e. The second-order valence-electron chi connectivity index (χ2n) is 5.92. The summed E-state index contributed by atoms with van der Waals surface area (Å²) >= 11 is 0. The first-order valence-electron chi connectivity index (χ1n) is 7.97. The summed E-state index contributed by atoms with van der Waals surface area (Å²) in [5, 5.41) is 11.3. The van der Waals surface area contributed by atoms with Crippen molar-refractivity contribution < 1.29 is 9.18 Å². The van der Waals surface area contributed by atoms with Crippen LogP contribution in [0.2, 0.25) is 0 Å². The zero-order valence-electron chi connectivity index (χ0n) is 13.2. The summed E-state index contributed by atoms with van der Waals surface area (Å²) in [5.41, 5.74) is 6.21. The summed E-state index contributed by atoms with van der Waals surface area (Å²) in [6, 6.07) is 9.05. The van der Waals surface area contributed by atoms with Crippen LogP contribution in [-0.4, -0.2) is 35.2 Å². The van der Waals surface area contributed by atoms with Gasteiger partial charge >= 0.3 is 0 Å². The molecule has 1 aliphatic rings. The fourth-order valence-corrected chi connectivity index (χ4v) is 3.02. The maximum Gasteiger partial charge on any atom is 0.239 e. The molecule has 2 heterocycles. The van der Waals surface area contributed by atoms with E-state index >= 15 is 0 Å². The molecule has 1 fully saturated rings. The molecule has 1 aromatic carbocycles. The van der Waals surface area contributed by atoms with Gasteiger partial charge in [0.25, 0.3) is 0 Å². The summed E-state index contributed by atoms with van der Waals surface area (Å²) in [4.78, 5) is 14.0. The van der Waals surface area contributed by atoms with Crippen molar-refractivity contribution in [1.29, 1.82) is 0 Å². The molecular formula is C17H20FN5O. The molecule has 1 aliphatic heterocycles. The Morgan fingerprint density at radius 3 is 2.79 bits per heavy atom. The molecule has 24 heavy (non-hydrogen) atoms. The highest BCUT2D eigenvalue weighted by Crippen LogP contribution is 2.20. The molecule has 3 N–H and O–H groups in total. The van der Waals surface area contributed by atoms with E-state index < -0.39 is 11.9 Å². The first kappa shape index (κ1) is 16.3. The maximum atomic E-state index is 13.1. The van der Waals surface area contributed by atoms with Crippen LogP contribution in [-0.2, 0) is 4.79 Å². The lowest BCUT2D eigenvalue weighted by molar-refractivity contribution is -0.120. The molecule has 2 atom stereocenters. The predicted octanol–water partition coefficient (Wildman–Crippen LogP) is 1.40. The molecule has 0 aliphatic carbocycles. The van der Waals surface area contributed by atoms with E-state index in [2.05, 4.69) is 20.4 Å². The predicted molar refractivity (Wildman–Crippen MR) is 88.7 cm³/mol. The summed E-state index contributed by atoms with van der Waals surface area (Å²) in [6.45, 7) is 1.61. The Morgan fingerprint density at radius 2 is 2.12 bits per heavy atom. The molecule has 0 spiro atoms. The summed E-state index contributed by atoms with van der Waals surface area (Å²) in [6.07, 6.45) is 3.55. The lowest BCUT2D eigenvalue weighted by Gasteiger charge is -2.35. The van der Waals surface area contributed by atoms with E-state index in [0.29, 0.717) is 12.1 Å². The second kappa shape index (κ2) is 7.35. The highest BCUT2D eigenvalue weighted by Gasteiger charge is 2.26. The Bertz CT molecular complexity index is 679. The molecule has 2 aromatic rings. The topological polar surface area (TPSA) is 84.1 Å². The van der Waals surface area contributed by atoms with E-state index in [1.54, 1.807) is 18.3 Å². The Balaban J connectivity index is 1.70. The summed E-state index contributed by atoms with van der Waals surface area (Å²) in [5.74, 6) is 0.00751. The van der Waals surface area contributed by atoms with Crippen LogP contribution in [0, 0.1) is 5.82 Å². The van der Waals surface area contributed by atoms with Crippen molar-refractivity contribution >= 4 is 11.7 Å². The molecule has 1 saturated heterocycles. The number of carbonyl (C=O) groups is 1. The van der Waals surface area contributed by atoms with Gasteiger partial charge in [-0.1, -0.05) is 12.1 Å². The number of primary amides is 1. The number of rotatable bonds is 5. The van der Waals surface area contributed by atoms with Crippen molar-refractivity contribution in [2.45, 2.75) is 24.9 Å². The molecule has 3 rings (SSSR count).